The topological polar surface area (TPSA) is 33.2 Å². The smallest absolute Gasteiger partial charge is 0.255 e. The molecule has 0 spiro atoms. The van der Waals surface area contributed by atoms with E-state index in [-0.39, 0.29) is 5.91 Å². The molecule has 2 unspecified atom stereocenters. The van der Waals surface area contributed by atoms with Crippen molar-refractivity contribution in [3.63, 3.8) is 0 Å². The number of aromatic nitrogens is 1. The Kier molecular flexibility index (Phi) is 4.05. The average Bonchev–Trinajstić information content (AvgIpc) is 2.32. The van der Waals surface area contributed by atoms with E-state index < -0.39 is 0 Å². The lowest BCUT2D eigenvalue weighted by Crippen LogP contribution is -2.43. The SMILES string of the molecule is CC1CCN(C(=O)c2ccncc2Cl)CC1Br. The fourth-order valence-corrected chi connectivity index (χ4v) is 2.74. The Bertz CT molecular complexity index is 427. The van der Waals surface area contributed by atoms with E-state index >= 15 is 0 Å². The molecule has 2 rings (SSSR count). The van der Waals surface area contributed by atoms with E-state index in [0.717, 1.165) is 19.5 Å². The molecule has 1 amide bonds. The number of piperidine rings is 1. The lowest BCUT2D eigenvalue weighted by Gasteiger charge is -2.34. The van der Waals surface area contributed by atoms with E-state index in [9.17, 15) is 4.79 Å². The second-order valence-corrected chi connectivity index (χ2v) is 5.97. The molecule has 0 radical (unpaired) electrons. The summed E-state index contributed by atoms with van der Waals surface area (Å²) in [6.07, 6.45) is 4.12. The Morgan fingerprint density at radius 3 is 3.06 bits per heavy atom. The van der Waals surface area contributed by atoms with Gasteiger partial charge in [-0.25, -0.2) is 0 Å². The van der Waals surface area contributed by atoms with E-state index in [4.69, 9.17) is 11.6 Å². The predicted octanol–water partition coefficient (Wildman–Crippen LogP) is 2.98. The van der Waals surface area contributed by atoms with Gasteiger partial charge in [0.05, 0.1) is 10.6 Å². The fourth-order valence-electron chi connectivity index (χ4n) is 1.93. The Labute approximate surface area is 114 Å². The van der Waals surface area contributed by atoms with Crippen LogP contribution in [0, 0.1) is 5.92 Å². The van der Waals surface area contributed by atoms with Crippen LogP contribution in [0.1, 0.15) is 23.7 Å². The van der Waals surface area contributed by atoms with E-state index in [1.165, 1.54) is 6.20 Å². The number of amides is 1. The fraction of sp³-hybridized carbons (Fsp3) is 0.500. The third-order valence-electron chi connectivity index (χ3n) is 3.16. The van der Waals surface area contributed by atoms with Crippen LogP contribution in [-0.4, -0.2) is 33.7 Å². The molecule has 0 saturated carbocycles. The number of likely N-dealkylation sites (tertiary alicyclic amines) is 1. The molecule has 0 bridgehead atoms. The van der Waals surface area contributed by atoms with Crippen LogP contribution in [0.4, 0.5) is 0 Å². The molecule has 1 aromatic rings. The van der Waals surface area contributed by atoms with Crippen molar-refractivity contribution in [3.05, 3.63) is 29.0 Å². The third-order valence-corrected chi connectivity index (χ3v) is 4.65. The maximum Gasteiger partial charge on any atom is 0.255 e. The average molecular weight is 318 g/mol. The van der Waals surface area contributed by atoms with Gasteiger partial charge in [0, 0.05) is 30.3 Å². The molecule has 17 heavy (non-hydrogen) atoms. The van der Waals surface area contributed by atoms with E-state index in [1.54, 1.807) is 12.3 Å². The van der Waals surface area contributed by atoms with Gasteiger partial charge in [-0.05, 0) is 18.4 Å². The van der Waals surface area contributed by atoms with E-state index in [1.807, 2.05) is 4.90 Å². The van der Waals surface area contributed by atoms with Crippen molar-refractivity contribution in [2.75, 3.05) is 13.1 Å². The first-order valence-electron chi connectivity index (χ1n) is 5.62. The number of hydrogen-bond donors (Lipinski definition) is 0. The summed E-state index contributed by atoms with van der Waals surface area (Å²) in [6, 6.07) is 1.67. The quantitative estimate of drug-likeness (QED) is 0.746. The molecule has 2 atom stereocenters. The summed E-state index contributed by atoms with van der Waals surface area (Å²) in [5.41, 5.74) is 0.538. The number of carbonyl (C=O) groups excluding carboxylic acids is 1. The molecule has 5 heteroatoms. The van der Waals surface area contributed by atoms with Crippen molar-refractivity contribution in [2.24, 2.45) is 5.92 Å². The number of halogens is 2. The van der Waals surface area contributed by atoms with Crippen LogP contribution in [0.15, 0.2) is 18.5 Å². The molecule has 0 aliphatic carbocycles. The Morgan fingerprint density at radius 1 is 1.65 bits per heavy atom. The summed E-state index contributed by atoms with van der Waals surface area (Å²) in [5, 5.41) is 0.419. The minimum atomic E-state index is -0.00579. The Hall–Kier alpha value is -0.610. The van der Waals surface area contributed by atoms with Crippen molar-refractivity contribution in [1.29, 1.82) is 0 Å². The molecule has 1 fully saturated rings. The van der Waals surface area contributed by atoms with E-state index in [2.05, 4.69) is 27.8 Å². The first-order valence-corrected chi connectivity index (χ1v) is 6.92. The first kappa shape index (κ1) is 12.8. The molecule has 92 valence electrons. The van der Waals surface area contributed by atoms with Gasteiger partial charge in [-0.3, -0.25) is 9.78 Å². The van der Waals surface area contributed by atoms with Crippen molar-refractivity contribution >= 4 is 33.4 Å². The number of alkyl halides is 1. The molecule has 2 heterocycles. The highest BCUT2D eigenvalue weighted by Gasteiger charge is 2.28. The molecule has 1 aliphatic rings. The van der Waals surface area contributed by atoms with Crippen LogP contribution in [0.5, 0.6) is 0 Å². The van der Waals surface area contributed by atoms with Crippen molar-refractivity contribution < 1.29 is 4.79 Å². The zero-order valence-electron chi connectivity index (χ0n) is 9.57. The highest BCUT2D eigenvalue weighted by Crippen LogP contribution is 2.25. The molecule has 1 aliphatic heterocycles. The zero-order chi connectivity index (χ0) is 12.4. The molecule has 3 nitrogen and oxygen atoms in total. The van der Waals surface area contributed by atoms with Crippen LogP contribution in [-0.2, 0) is 0 Å². The van der Waals surface area contributed by atoms with Crippen molar-refractivity contribution in [3.8, 4) is 0 Å². The monoisotopic (exact) mass is 316 g/mol. The summed E-state index contributed by atoms with van der Waals surface area (Å²) < 4.78 is 0. The van der Waals surface area contributed by atoms with Crippen LogP contribution in [0.25, 0.3) is 0 Å². The summed E-state index contributed by atoms with van der Waals surface area (Å²) in [5.74, 6) is 0.598. The van der Waals surface area contributed by atoms with Gasteiger partial charge in [-0.1, -0.05) is 34.5 Å². The van der Waals surface area contributed by atoms with Crippen LogP contribution >= 0.6 is 27.5 Å². The van der Waals surface area contributed by atoms with Gasteiger partial charge in [0.25, 0.3) is 5.91 Å². The zero-order valence-corrected chi connectivity index (χ0v) is 11.9. The molecule has 0 N–H and O–H groups in total. The third kappa shape index (κ3) is 2.80. The molecule has 1 saturated heterocycles. The number of carbonyl (C=O) groups is 1. The summed E-state index contributed by atoms with van der Waals surface area (Å²) in [7, 11) is 0. The first-order chi connectivity index (χ1) is 8.09. The van der Waals surface area contributed by atoms with Gasteiger partial charge in [0.2, 0.25) is 0 Å². The predicted molar refractivity (Wildman–Crippen MR) is 71.6 cm³/mol. The summed E-state index contributed by atoms with van der Waals surface area (Å²) in [6.45, 7) is 3.72. The van der Waals surface area contributed by atoms with Gasteiger partial charge in [0.15, 0.2) is 0 Å². The largest absolute Gasteiger partial charge is 0.337 e. The standard InChI is InChI=1S/C12H14BrClN2O/c1-8-3-5-16(7-10(8)13)12(17)9-2-4-15-6-11(9)14/h2,4,6,8,10H,3,5,7H2,1H3. The van der Waals surface area contributed by atoms with Gasteiger partial charge in [-0.2, -0.15) is 0 Å². The lowest BCUT2D eigenvalue weighted by molar-refractivity contribution is 0.0706. The number of hydrogen-bond acceptors (Lipinski definition) is 2. The van der Waals surface area contributed by atoms with Gasteiger partial charge in [-0.15, -0.1) is 0 Å². The highest BCUT2D eigenvalue weighted by molar-refractivity contribution is 9.09. The van der Waals surface area contributed by atoms with Crippen molar-refractivity contribution in [1.82, 2.24) is 9.88 Å². The Morgan fingerprint density at radius 2 is 2.41 bits per heavy atom. The highest BCUT2D eigenvalue weighted by atomic mass is 79.9. The minimum Gasteiger partial charge on any atom is -0.337 e. The number of rotatable bonds is 1. The van der Waals surface area contributed by atoms with Crippen molar-refractivity contribution in [2.45, 2.75) is 18.2 Å². The van der Waals surface area contributed by atoms with Crippen LogP contribution < -0.4 is 0 Å². The molecule has 0 aromatic carbocycles. The van der Waals surface area contributed by atoms with Gasteiger partial charge in [0.1, 0.15) is 0 Å². The minimum absolute atomic E-state index is 0.00579. The second kappa shape index (κ2) is 5.36. The summed E-state index contributed by atoms with van der Waals surface area (Å²) in [4.78, 5) is 18.4. The second-order valence-electron chi connectivity index (χ2n) is 4.39. The number of pyridine rings is 1. The molecular formula is C12H14BrClN2O. The summed E-state index contributed by atoms with van der Waals surface area (Å²) >= 11 is 9.60. The maximum atomic E-state index is 12.3. The van der Waals surface area contributed by atoms with Crippen LogP contribution in [0.2, 0.25) is 5.02 Å². The van der Waals surface area contributed by atoms with Gasteiger partial charge >= 0.3 is 0 Å². The van der Waals surface area contributed by atoms with E-state index in [0.29, 0.717) is 21.3 Å². The van der Waals surface area contributed by atoms with Gasteiger partial charge < -0.3 is 4.90 Å². The number of nitrogens with zero attached hydrogens (tertiary/aromatic N) is 2. The van der Waals surface area contributed by atoms with Crippen LogP contribution in [0.3, 0.4) is 0 Å². The normalized spacial score (nSPS) is 24.8. The lowest BCUT2D eigenvalue weighted by atomic mass is 9.98. The maximum absolute atomic E-state index is 12.3. The molecule has 1 aromatic heterocycles. The Balaban J connectivity index is 2.14. The molecular weight excluding hydrogens is 304 g/mol.